The van der Waals surface area contributed by atoms with Crippen LogP contribution < -0.4 is 4.73 Å². The van der Waals surface area contributed by atoms with E-state index in [1.165, 1.54) is 28.5 Å². The topological polar surface area (TPSA) is 26.9 Å². The predicted octanol–water partition coefficient (Wildman–Crippen LogP) is 3.54. The molecule has 0 fully saturated rings. The van der Waals surface area contributed by atoms with Crippen molar-refractivity contribution in [3.63, 3.8) is 0 Å². The molecule has 0 N–H and O–H groups in total. The van der Waals surface area contributed by atoms with Crippen molar-refractivity contribution in [3.8, 4) is 0 Å². The normalized spacial score (nSPS) is 10.6. The minimum absolute atomic E-state index is 0.748. The molecule has 1 heterocycles. The van der Waals surface area contributed by atoms with E-state index in [-0.39, 0.29) is 0 Å². The van der Waals surface area contributed by atoms with Gasteiger partial charge in [0, 0.05) is 17.9 Å². The zero-order valence-corrected chi connectivity index (χ0v) is 11.8. The summed E-state index contributed by atoms with van der Waals surface area (Å²) in [6, 6.07) is 9.80. The summed E-state index contributed by atoms with van der Waals surface area (Å²) in [4.78, 5) is 0. The lowest BCUT2D eigenvalue weighted by Gasteiger charge is -2.11. The Bertz CT molecular complexity index is 566. The Morgan fingerprint density at radius 3 is 2.50 bits per heavy atom. The summed E-state index contributed by atoms with van der Waals surface area (Å²) in [5, 5.41) is 12.3. The van der Waals surface area contributed by atoms with Crippen LogP contribution in [0.5, 0.6) is 0 Å². The molecule has 2 nitrogen and oxygen atoms in total. The zero-order valence-electron chi connectivity index (χ0n) is 10.9. The predicted molar refractivity (Wildman–Crippen MR) is 75.6 cm³/mol. The highest BCUT2D eigenvalue weighted by atomic mass is 32.2. The third-order valence-corrected chi connectivity index (χ3v) is 4.30. The Labute approximate surface area is 112 Å². The quantitative estimate of drug-likeness (QED) is 0.479. The Morgan fingerprint density at radius 1 is 1.06 bits per heavy atom. The Morgan fingerprint density at radius 2 is 1.78 bits per heavy atom. The molecular formula is C15H17NOS. The zero-order chi connectivity index (χ0) is 13.1. The van der Waals surface area contributed by atoms with E-state index in [4.69, 9.17) is 0 Å². The highest BCUT2D eigenvalue weighted by Gasteiger charge is 2.09. The molecule has 0 aliphatic carbocycles. The maximum Gasteiger partial charge on any atom is 0.251 e. The number of thioether (sulfide) groups is 1. The first-order valence-electron chi connectivity index (χ1n) is 5.96. The molecular weight excluding hydrogens is 242 g/mol. The molecule has 0 radical (unpaired) electrons. The second-order valence-corrected chi connectivity index (χ2v) is 5.45. The molecule has 0 saturated carbocycles. The largest absolute Gasteiger partial charge is 0.618 e. The van der Waals surface area contributed by atoms with E-state index in [9.17, 15) is 5.21 Å². The van der Waals surface area contributed by atoms with Crippen molar-refractivity contribution in [2.24, 2.45) is 0 Å². The maximum atomic E-state index is 11.6. The fraction of sp³-hybridized carbons (Fsp3) is 0.267. The van der Waals surface area contributed by atoms with Gasteiger partial charge in [0.25, 0.3) is 5.03 Å². The maximum absolute atomic E-state index is 11.6. The summed E-state index contributed by atoms with van der Waals surface area (Å²) in [6.07, 6.45) is 1.54. The molecule has 2 rings (SSSR count). The lowest BCUT2D eigenvalue weighted by Crippen LogP contribution is -2.27. The summed E-state index contributed by atoms with van der Waals surface area (Å²) in [5.74, 6) is 0.839. The van der Waals surface area contributed by atoms with E-state index in [1.54, 1.807) is 17.8 Å². The molecule has 1 aromatic carbocycles. The van der Waals surface area contributed by atoms with E-state index < -0.39 is 0 Å². The first-order valence-corrected chi connectivity index (χ1v) is 6.95. The number of pyridine rings is 1. The SMILES string of the molecule is Cc1ccc(C)c(CSc2cccc[n+]2[O-])c1C. The minimum atomic E-state index is 0.748. The van der Waals surface area contributed by atoms with Gasteiger partial charge in [0.2, 0.25) is 0 Å². The third-order valence-electron chi connectivity index (χ3n) is 3.26. The molecule has 0 atom stereocenters. The average Bonchev–Trinajstić information content (AvgIpc) is 2.36. The van der Waals surface area contributed by atoms with Gasteiger partial charge in [-0.1, -0.05) is 23.9 Å². The van der Waals surface area contributed by atoms with Crippen molar-refractivity contribution < 1.29 is 4.73 Å². The number of aryl methyl sites for hydroxylation is 2. The molecule has 1 aromatic heterocycles. The number of benzene rings is 1. The first kappa shape index (κ1) is 13.0. The molecule has 0 aliphatic heterocycles. The van der Waals surface area contributed by atoms with E-state index in [0.717, 1.165) is 15.5 Å². The van der Waals surface area contributed by atoms with Gasteiger partial charge in [-0.3, -0.25) is 0 Å². The highest BCUT2D eigenvalue weighted by Crippen LogP contribution is 2.25. The van der Waals surface area contributed by atoms with Crippen molar-refractivity contribution in [1.82, 2.24) is 0 Å². The van der Waals surface area contributed by atoms with Crippen molar-refractivity contribution in [1.29, 1.82) is 0 Å². The van der Waals surface area contributed by atoms with Crippen molar-refractivity contribution >= 4 is 11.8 Å². The van der Waals surface area contributed by atoms with Gasteiger partial charge in [-0.15, -0.1) is 0 Å². The fourth-order valence-electron chi connectivity index (χ4n) is 1.90. The smallest absolute Gasteiger partial charge is 0.251 e. The first-order chi connectivity index (χ1) is 8.59. The van der Waals surface area contributed by atoms with Gasteiger partial charge >= 0.3 is 0 Å². The van der Waals surface area contributed by atoms with Gasteiger partial charge in [-0.25, -0.2) is 0 Å². The van der Waals surface area contributed by atoms with Crippen LogP contribution in [0.15, 0.2) is 41.6 Å². The Balaban J connectivity index is 2.21. The van der Waals surface area contributed by atoms with Crippen molar-refractivity contribution in [3.05, 3.63) is 64.0 Å². The summed E-state index contributed by atoms with van der Waals surface area (Å²) in [7, 11) is 0. The molecule has 0 bridgehead atoms. The van der Waals surface area contributed by atoms with Gasteiger partial charge in [0.1, 0.15) is 0 Å². The average molecular weight is 259 g/mol. The second kappa shape index (κ2) is 5.44. The monoisotopic (exact) mass is 259 g/mol. The van der Waals surface area contributed by atoms with E-state index in [2.05, 4.69) is 32.9 Å². The summed E-state index contributed by atoms with van der Waals surface area (Å²) in [6.45, 7) is 6.40. The van der Waals surface area contributed by atoms with Crippen LogP contribution >= 0.6 is 11.8 Å². The number of nitrogens with zero attached hydrogens (tertiary/aromatic N) is 1. The van der Waals surface area contributed by atoms with Gasteiger partial charge in [-0.2, -0.15) is 4.73 Å². The second-order valence-electron chi connectivity index (χ2n) is 4.46. The van der Waals surface area contributed by atoms with Gasteiger partial charge in [0.15, 0.2) is 6.20 Å². The Kier molecular flexibility index (Phi) is 3.92. The lowest BCUT2D eigenvalue weighted by atomic mass is 10.00. The highest BCUT2D eigenvalue weighted by molar-refractivity contribution is 7.98. The third kappa shape index (κ3) is 2.67. The van der Waals surface area contributed by atoms with Crippen LogP contribution in [0.25, 0.3) is 0 Å². The summed E-state index contributed by atoms with van der Waals surface area (Å²) < 4.78 is 0.922. The number of rotatable bonds is 3. The van der Waals surface area contributed by atoms with Crippen molar-refractivity contribution in [2.45, 2.75) is 31.6 Å². The number of hydrogen-bond acceptors (Lipinski definition) is 2. The standard InChI is InChI=1S/C15H17NOS/c1-11-7-8-12(2)14(13(11)3)10-18-15-6-4-5-9-16(15)17/h4-9H,10H2,1-3H3. The molecule has 0 unspecified atom stereocenters. The van der Waals surface area contributed by atoms with Crippen molar-refractivity contribution in [2.75, 3.05) is 0 Å². The molecule has 0 spiro atoms. The molecule has 18 heavy (non-hydrogen) atoms. The van der Waals surface area contributed by atoms with Crippen LogP contribution in [0.1, 0.15) is 22.3 Å². The van der Waals surface area contributed by atoms with Crippen LogP contribution in [-0.2, 0) is 5.75 Å². The van der Waals surface area contributed by atoms with Crippen LogP contribution in [0, 0.1) is 26.0 Å². The Hall–Kier alpha value is -1.48. The van der Waals surface area contributed by atoms with Crippen LogP contribution in [-0.4, -0.2) is 0 Å². The molecule has 0 aliphatic rings. The molecule has 0 saturated heterocycles. The fourth-order valence-corrected chi connectivity index (χ4v) is 3.00. The van der Waals surface area contributed by atoms with Crippen LogP contribution in [0.2, 0.25) is 0 Å². The van der Waals surface area contributed by atoms with Gasteiger partial charge in [0.05, 0.1) is 0 Å². The van der Waals surface area contributed by atoms with E-state index in [1.807, 2.05) is 12.1 Å². The molecule has 2 aromatic rings. The molecule has 3 heteroatoms. The number of hydrogen-bond donors (Lipinski definition) is 0. The molecule has 0 amide bonds. The van der Waals surface area contributed by atoms with E-state index in [0.29, 0.717) is 0 Å². The number of aromatic nitrogens is 1. The summed E-state index contributed by atoms with van der Waals surface area (Å²) >= 11 is 1.59. The van der Waals surface area contributed by atoms with Crippen LogP contribution in [0.3, 0.4) is 0 Å². The van der Waals surface area contributed by atoms with Gasteiger partial charge < -0.3 is 5.21 Å². The van der Waals surface area contributed by atoms with Crippen LogP contribution in [0.4, 0.5) is 0 Å². The van der Waals surface area contributed by atoms with E-state index >= 15 is 0 Å². The summed E-state index contributed by atoms with van der Waals surface area (Å²) in [5.41, 5.74) is 5.26. The lowest BCUT2D eigenvalue weighted by molar-refractivity contribution is -0.645. The van der Waals surface area contributed by atoms with Gasteiger partial charge in [-0.05, 0) is 49.1 Å². The minimum Gasteiger partial charge on any atom is -0.618 e. The molecule has 94 valence electrons.